The van der Waals surface area contributed by atoms with Gasteiger partial charge in [-0.1, -0.05) is 12.8 Å². The SMILES string of the molecule is CC1(C)OB(c2csc(CN3CCCCCC3)c2)OC1(C)C. The first-order valence-corrected chi connectivity index (χ1v) is 9.41. The predicted molar refractivity (Wildman–Crippen MR) is 93.8 cm³/mol. The molecule has 0 aliphatic carbocycles. The highest BCUT2D eigenvalue weighted by Gasteiger charge is 2.51. The van der Waals surface area contributed by atoms with Crippen molar-refractivity contribution in [3.63, 3.8) is 0 Å². The molecule has 0 bridgehead atoms. The van der Waals surface area contributed by atoms with Crippen LogP contribution in [-0.2, 0) is 15.9 Å². The van der Waals surface area contributed by atoms with Gasteiger partial charge in [0.15, 0.2) is 0 Å². The van der Waals surface area contributed by atoms with Crippen molar-refractivity contribution >= 4 is 23.9 Å². The second-order valence-electron chi connectivity index (χ2n) is 7.62. The summed E-state index contributed by atoms with van der Waals surface area (Å²) in [5.74, 6) is 0. The van der Waals surface area contributed by atoms with Crippen LogP contribution in [0.4, 0.5) is 0 Å². The van der Waals surface area contributed by atoms with E-state index in [0.29, 0.717) is 0 Å². The second kappa shape index (κ2) is 6.27. The van der Waals surface area contributed by atoms with Gasteiger partial charge in [0.1, 0.15) is 0 Å². The molecular formula is C17H28BNO2S. The van der Waals surface area contributed by atoms with Crippen molar-refractivity contribution in [3.05, 3.63) is 16.3 Å². The van der Waals surface area contributed by atoms with Gasteiger partial charge in [-0.25, -0.2) is 0 Å². The summed E-state index contributed by atoms with van der Waals surface area (Å²) in [6, 6.07) is 2.28. The van der Waals surface area contributed by atoms with Gasteiger partial charge in [-0.05, 0) is 70.5 Å². The maximum atomic E-state index is 6.14. The van der Waals surface area contributed by atoms with Crippen LogP contribution in [0, 0.1) is 0 Å². The number of hydrogen-bond acceptors (Lipinski definition) is 4. The lowest BCUT2D eigenvalue weighted by molar-refractivity contribution is 0.00578. The topological polar surface area (TPSA) is 21.7 Å². The third-order valence-corrected chi connectivity index (χ3v) is 6.22. The molecule has 0 saturated carbocycles. The molecule has 0 radical (unpaired) electrons. The van der Waals surface area contributed by atoms with E-state index in [1.54, 1.807) is 0 Å². The largest absolute Gasteiger partial charge is 0.495 e. The van der Waals surface area contributed by atoms with Gasteiger partial charge in [-0.3, -0.25) is 4.90 Å². The maximum Gasteiger partial charge on any atom is 0.495 e. The highest BCUT2D eigenvalue weighted by molar-refractivity contribution is 7.11. The molecule has 2 saturated heterocycles. The van der Waals surface area contributed by atoms with Crippen molar-refractivity contribution in [2.24, 2.45) is 0 Å². The highest BCUT2D eigenvalue weighted by atomic mass is 32.1. The Kier molecular flexibility index (Phi) is 4.70. The third kappa shape index (κ3) is 3.43. The number of rotatable bonds is 3. The van der Waals surface area contributed by atoms with Crippen LogP contribution in [0.15, 0.2) is 11.4 Å². The molecule has 2 aliphatic rings. The van der Waals surface area contributed by atoms with Crippen LogP contribution in [0.1, 0.15) is 58.3 Å². The fraction of sp³-hybridized carbons (Fsp3) is 0.765. The number of likely N-dealkylation sites (tertiary alicyclic amines) is 1. The lowest BCUT2D eigenvalue weighted by Gasteiger charge is -2.32. The molecule has 0 amide bonds. The van der Waals surface area contributed by atoms with Gasteiger partial charge >= 0.3 is 7.12 Å². The van der Waals surface area contributed by atoms with Crippen molar-refractivity contribution in [3.8, 4) is 0 Å². The molecule has 3 nitrogen and oxygen atoms in total. The van der Waals surface area contributed by atoms with E-state index in [1.807, 2.05) is 11.3 Å². The van der Waals surface area contributed by atoms with Crippen LogP contribution in [0.5, 0.6) is 0 Å². The zero-order valence-corrected chi connectivity index (χ0v) is 15.2. The van der Waals surface area contributed by atoms with E-state index < -0.39 is 0 Å². The zero-order chi connectivity index (χ0) is 15.8. The Morgan fingerprint density at radius 3 is 2.23 bits per heavy atom. The van der Waals surface area contributed by atoms with E-state index in [4.69, 9.17) is 9.31 Å². The summed E-state index contributed by atoms with van der Waals surface area (Å²) < 4.78 is 12.3. The van der Waals surface area contributed by atoms with Crippen LogP contribution in [0.3, 0.4) is 0 Å². The molecule has 2 aliphatic heterocycles. The van der Waals surface area contributed by atoms with Crippen molar-refractivity contribution in [1.82, 2.24) is 4.90 Å². The first-order valence-electron chi connectivity index (χ1n) is 8.53. The van der Waals surface area contributed by atoms with Crippen LogP contribution < -0.4 is 5.46 Å². The Morgan fingerprint density at radius 2 is 1.64 bits per heavy atom. The summed E-state index contributed by atoms with van der Waals surface area (Å²) in [6.45, 7) is 12.0. The summed E-state index contributed by atoms with van der Waals surface area (Å²) >= 11 is 1.84. The van der Waals surface area contributed by atoms with Gasteiger partial charge in [0.2, 0.25) is 0 Å². The number of nitrogens with zero attached hydrogens (tertiary/aromatic N) is 1. The molecule has 0 unspecified atom stereocenters. The summed E-state index contributed by atoms with van der Waals surface area (Å²) in [5.41, 5.74) is 0.656. The monoisotopic (exact) mass is 321 g/mol. The Balaban J connectivity index is 1.64. The molecule has 1 aromatic rings. The lowest BCUT2D eigenvalue weighted by atomic mass is 9.81. The molecule has 22 heavy (non-hydrogen) atoms. The molecule has 3 rings (SSSR count). The summed E-state index contributed by atoms with van der Waals surface area (Å²) in [6.07, 6.45) is 5.46. The van der Waals surface area contributed by atoms with Crippen LogP contribution >= 0.6 is 11.3 Å². The molecule has 1 aromatic heterocycles. The van der Waals surface area contributed by atoms with E-state index in [-0.39, 0.29) is 18.3 Å². The van der Waals surface area contributed by atoms with E-state index in [0.717, 1.165) is 6.54 Å². The normalized spacial score (nSPS) is 25.4. The average Bonchev–Trinajstić information content (AvgIpc) is 2.84. The summed E-state index contributed by atoms with van der Waals surface area (Å²) in [5, 5.41) is 2.20. The summed E-state index contributed by atoms with van der Waals surface area (Å²) in [7, 11) is -0.223. The molecule has 5 heteroatoms. The first kappa shape index (κ1) is 16.5. The Bertz CT molecular complexity index is 491. The average molecular weight is 321 g/mol. The Morgan fingerprint density at radius 1 is 1.05 bits per heavy atom. The Hall–Kier alpha value is -0.355. The van der Waals surface area contributed by atoms with Crippen LogP contribution in [-0.4, -0.2) is 36.3 Å². The maximum absolute atomic E-state index is 6.14. The quantitative estimate of drug-likeness (QED) is 0.796. The Labute approximate surface area is 139 Å². The molecule has 3 heterocycles. The molecule has 122 valence electrons. The fourth-order valence-corrected chi connectivity index (χ4v) is 4.03. The minimum Gasteiger partial charge on any atom is -0.399 e. The van der Waals surface area contributed by atoms with Gasteiger partial charge in [-0.2, -0.15) is 0 Å². The van der Waals surface area contributed by atoms with Crippen LogP contribution in [0.25, 0.3) is 0 Å². The van der Waals surface area contributed by atoms with Crippen molar-refractivity contribution in [2.75, 3.05) is 13.1 Å². The first-order chi connectivity index (χ1) is 10.4. The van der Waals surface area contributed by atoms with Gasteiger partial charge in [-0.15, -0.1) is 11.3 Å². The highest BCUT2D eigenvalue weighted by Crippen LogP contribution is 2.36. The van der Waals surface area contributed by atoms with Crippen molar-refractivity contribution in [2.45, 2.75) is 71.1 Å². The van der Waals surface area contributed by atoms with E-state index in [2.05, 4.69) is 44.0 Å². The number of hydrogen-bond donors (Lipinski definition) is 0. The third-order valence-electron chi connectivity index (χ3n) is 5.28. The van der Waals surface area contributed by atoms with E-state index in [1.165, 1.54) is 49.1 Å². The van der Waals surface area contributed by atoms with Crippen molar-refractivity contribution < 1.29 is 9.31 Å². The lowest BCUT2D eigenvalue weighted by Crippen LogP contribution is -2.41. The van der Waals surface area contributed by atoms with Gasteiger partial charge in [0, 0.05) is 11.4 Å². The minimum atomic E-state index is -0.259. The zero-order valence-electron chi connectivity index (χ0n) is 14.4. The van der Waals surface area contributed by atoms with E-state index in [9.17, 15) is 0 Å². The number of thiophene rings is 1. The van der Waals surface area contributed by atoms with Gasteiger partial charge < -0.3 is 9.31 Å². The molecular weight excluding hydrogens is 293 g/mol. The fourth-order valence-electron chi connectivity index (χ4n) is 3.10. The van der Waals surface area contributed by atoms with Crippen molar-refractivity contribution in [1.29, 1.82) is 0 Å². The standard InChI is InChI=1S/C17H28BNO2S/c1-16(2)17(3,4)21-18(20-16)14-11-15(22-13-14)12-19-9-7-5-6-8-10-19/h11,13H,5-10,12H2,1-4H3. The minimum absolute atomic E-state index is 0.223. The smallest absolute Gasteiger partial charge is 0.399 e. The van der Waals surface area contributed by atoms with Gasteiger partial charge in [0.25, 0.3) is 0 Å². The predicted octanol–water partition coefficient (Wildman–Crippen LogP) is 3.42. The molecule has 0 spiro atoms. The van der Waals surface area contributed by atoms with Gasteiger partial charge in [0.05, 0.1) is 11.2 Å². The van der Waals surface area contributed by atoms with E-state index >= 15 is 0 Å². The van der Waals surface area contributed by atoms with Crippen LogP contribution in [0.2, 0.25) is 0 Å². The molecule has 2 fully saturated rings. The molecule has 0 N–H and O–H groups in total. The molecule has 0 atom stereocenters. The summed E-state index contributed by atoms with van der Waals surface area (Å²) in [4.78, 5) is 4.01. The second-order valence-corrected chi connectivity index (χ2v) is 8.62. The molecule has 0 aromatic carbocycles.